The molecule has 5 heteroatoms. The van der Waals surface area contributed by atoms with E-state index in [4.69, 9.17) is 5.11 Å². The van der Waals surface area contributed by atoms with Crippen LogP contribution in [0.25, 0.3) is 0 Å². The van der Waals surface area contributed by atoms with Crippen molar-refractivity contribution < 1.29 is 14.7 Å². The number of amides is 2. The second-order valence-corrected chi connectivity index (χ2v) is 4.60. The van der Waals surface area contributed by atoms with Gasteiger partial charge in [0, 0.05) is 20.1 Å². The first-order chi connectivity index (χ1) is 7.49. The van der Waals surface area contributed by atoms with E-state index < -0.39 is 5.97 Å². The van der Waals surface area contributed by atoms with Crippen LogP contribution in [0.1, 0.15) is 32.6 Å². The Kier molecular flexibility index (Phi) is 4.15. The van der Waals surface area contributed by atoms with E-state index >= 15 is 0 Å². The van der Waals surface area contributed by atoms with Crippen molar-refractivity contribution in [3.8, 4) is 0 Å². The first-order valence-corrected chi connectivity index (χ1v) is 5.70. The summed E-state index contributed by atoms with van der Waals surface area (Å²) in [5.74, 6) is -0.780. The van der Waals surface area contributed by atoms with E-state index in [0.29, 0.717) is 13.1 Å². The molecule has 0 radical (unpaired) electrons. The number of carbonyl (C=O) groups excluding carboxylic acids is 1. The molecule has 16 heavy (non-hydrogen) atoms. The standard InChI is InChI=1S/C11H20N2O3/c1-3-13(2)10(16)12-8-11(5-4-6-11)7-9(14)15/h3-8H2,1-2H3,(H,12,16)(H,14,15). The first-order valence-electron chi connectivity index (χ1n) is 5.70. The third-order valence-corrected chi connectivity index (χ3v) is 3.38. The maximum atomic E-state index is 11.5. The summed E-state index contributed by atoms with van der Waals surface area (Å²) in [5.41, 5.74) is -0.198. The van der Waals surface area contributed by atoms with Gasteiger partial charge in [-0.15, -0.1) is 0 Å². The lowest BCUT2D eigenvalue weighted by molar-refractivity contribution is -0.141. The summed E-state index contributed by atoms with van der Waals surface area (Å²) >= 11 is 0. The van der Waals surface area contributed by atoms with E-state index in [1.165, 1.54) is 0 Å². The van der Waals surface area contributed by atoms with Crippen molar-refractivity contribution >= 4 is 12.0 Å². The highest BCUT2D eigenvalue weighted by Crippen LogP contribution is 2.43. The molecule has 92 valence electrons. The van der Waals surface area contributed by atoms with Gasteiger partial charge in [0.05, 0.1) is 6.42 Å². The van der Waals surface area contributed by atoms with E-state index in [1.54, 1.807) is 11.9 Å². The minimum atomic E-state index is -0.780. The van der Waals surface area contributed by atoms with Gasteiger partial charge in [0.2, 0.25) is 0 Å². The molecule has 1 rings (SSSR count). The van der Waals surface area contributed by atoms with Crippen LogP contribution in [0, 0.1) is 5.41 Å². The zero-order valence-electron chi connectivity index (χ0n) is 9.95. The number of urea groups is 1. The van der Waals surface area contributed by atoms with E-state index in [-0.39, 0.29) is 17.9 Å². The first kappa shape index (κ1) is 12.8. The second-order valence-electron chi connectivity index (χ2n) is 4.60. The van der Waals surface area contributed by atoms with Crippen LogP contribution in [0.2, 0.25) is 0 Å². The van der Waals surface area contributed by atoms with Crippen molar-refractivity contribution in [1.29, 1.82) is 0 Å². The van der Waals surface area contributed by atoms with Crippen LogP contribution in [0.3, 0.4) is 0 Å². The molecule has 0 aromatic heterocycles. The van der Waals surface area contributed by atoms with Crippen molar-refractivity contribution in [1.82, 2.24) is 10.2 Å². The fourth-order valence-electron chi connectivity index (χ4n) is 1.96. The van der Waals surface area contributed by atoms with Gasteiger partial charge in [0.1, 0.15) is 0 Å². The van der Waals surface area contributed by atoms with Gasteiger partial charge < -0.3 is 15.3 Å². The Bertz CT molecular complexity index is 274. The minimum absolute atomic E-state index is 0.126. The summed E-state index contributed by atoms with van der Waals surface area (Å²) < 4.78 is 0. The SMILES string of the molecule is CCN(C)C(=O)NCC1(CC(=O)O)CCC1. The molecule has 0 unspecified atom stereocenters. The third-order valence-electron chi connectivity index (χ3n) is 3.38. The van der Waals surface area contributed by atoms with Gasteiger partial charge >= 0.3 is 12.0 Å². The lowest BCUT2D eigenvalue weighted by Crippen LogP contribution is -2.46. The van der Waals surface area contributed by atoms with Gasteiger partial charge in [-0.05, 0) is 25.2 Å². The highest BCUT2D eigenvalue weighted by Gasteiger charge is 2.39. The molecule has 0 spiro atoms. The molecule has 0 aromatic rings. The maximum absolute atomic E-state index is 11.5. The van der Waals surface area contributed by atoms with Crippen molar-refractivity contribution in [2.45, 2.75) is 32.6 Å². The second kappa shape index (κ2) is 5.18. The van der Waals surface area contributed by atoms with Gasteiger partial charge in [-0.1, -0.05) is 6.42 Å². The van der Waals surface area contributed by atoms with E-state index in [1.807, 2.05) is 6.92 Å². The lowest BCUT2D eigenvalue weighted by Gasteiger charge is -2.41. The third kappa shape index (κ3) is 3.12. The van der Waals surface area contributed by atoms with Crippen LogP contribution in [0.5, 0.6) is 0 Å². The fourth-order valence-corrected chi connectivity index (χ4v) is 1.96. The molecule has 0 aliphatic heterocycles. The van der Waals surface area contributed by atoms with Gasteiger partial charge in [0.25, 0.3) is 0 Å². The molecule has 2 N–H and O–H groups in total. The highest BCUT2D eigenvalue weighted by atomic mass is 16.4. The van der Waals surface area contributed by atoms with Crippen molar-refractivity contribution in [2.24, 2.45) is 5.41 Å². The van der Waals surface area contributed by atoms with Crippen LogP contribution < -0.4 is 5.32 Å². The minimum Gasteiger partial charge on any atom is -0.481 e. The Morgan fingerprint density at radius 2 is 2.06 bits per heavy atom. The zero-order valence-corrected chi connectivity index (χ0v) is 9.95. The average molecular weight is 228 g/mol. The van der Waals surface area contributed by atoms with E-state index in [9.17, 15) is 9.59 Å². The summed E-state index contributed by atoms with van der Waals surface area (Å²) in [6, 6.07) is -0.126. The number of nitrogens with one attached hydrogen (secondary N) is 1. The predicted octanol–water partition coefficient (Wildman–Crippen LogP) is 1.29. The molecule has 1 fully saturated rings. The smallest absolute Gasteiger partial charge is 0.317 e. The number of hydrogen-bond acceptors (Lipinski definition) is 2. The molecule has 0 saturated heterocycles. The molecule has 0 heterocycles. The molecule has 1 aliphatic carbocycles. The summed E-state index contributed by atoms with van der Waals surface area (Å²) in [4.78, 5) is 23.8. The summed E-state index contributed by atoms with van der Waals surface area (Å²) in [5, 5.41) is 11.6. The number of carboxylic acids is 1. The Labute approximate surface area is 95.8 Å². The Morgan fingerprint density at radius 1 is 1.44 bits per heavy atom. The van der Waals surface area contributed by atoms with Crippen molar-refractivity contribution in [3.63, 3.8) is 0 Å². The fraction of sp³-hybridized carbons (Fsp3) is 0.818. The van der Waals surface area contributed by atoms with Crippen LogP contribution in [0.15, 0.2) is 0 Å². The van der Waals surface area contributed by atoms with Crippen molar-refractivity contribution in [3.05, 3.63) is 0 Å². The number of carboxylic acid groups (broad SMARTS) is 1. The normalized spacial score (nSPS) is 17.4. The lowest BCUT2D eigenvalue weighted by atomic mass is 9.66. The predicted molar refractivity (Wildman–Crippen MR) is 60.2 cm³/mol. The number of aliphatic carboxylic acids is 1. The molecule has 0 aromatic carbocycles. The maximum Gasteiger partial charge on any atom is 0.317 e. The number of carbonyl (C=O) groups is 2. The molecular formula is C11H20N2O3. The quantitative estimate of drug-likeness (QED) is 0.745. The van der Waals surface area contributed by atoms with Gasteiger partial charge in [-0.25, -0.2) is 4.79 Å². The van der Waals surface area contributed by atoms with E-state index in [2.05, 4.69) is 5.32 Å². The van der Waals surface area contributed by atoms with Gasteiger partial charge in [-0.2, -0.15) is 0 Å². The van der Waals surface area contributed by atoms with Crippen LogP contribution in [-0.2, 0) is 4.79 Å². The Hall–Kier alpha value is -1.26. The van der Waals surface area contributed by atoms with Gasteiger partial charge in [0.15, 0.2) is 0 Å². The van der Waals surface area contributed by atoms with Crippen LogP contribution >= 0.6 is 0 Å². The summed E-state index contributed by atoms with van der Waals surface area (Å²) in [7, 11) is 1.72. The van der Waals surface area contributed by atoms with E-state index in [0.717, 1.165) is 19.3 Å². The Morgan fingerprint density at radius 3 is 2.44 bits per heavy atom. The zero-order chi connectivity index (χ0) is 12.2. The molecule has 0 atom stereocenters. The molecular weight excluding hydrogens is 208 g/mol. The molecule has 0 bridgehead atoms. The largest absolute Gasteiger partial charge is 0.481 e. The summed E-state index contributed by atoms with van der Waals surface area (Å²) in [6.07, 6.45) is 3.01. The van der Waals surface area contributed by atoms with Gasteiger partial charge in [-0.3, -0.25) is 4.79 Å². The van der Waals surface area contributed by atoms with Crippen molar-refractivity contribution in [2.75, 3.05) is 20.1 Å². The molecule has 5 nitrogen and oxygen atoms in total. The number of rotatable bonds is 5. The number of hydrogen-bond donors (Lipinski definition) is 2. The Balaban J connectivity index is 2.40. The molecule has 1 aliphatic rings. The highest BCUT2D eigenvalue weighted by molar-refractivity contribution is 5.74. The monoisotopic (exact) mass is 228 g/mol. The molecule has 1 saturated carbocycles. The van der Waals surface area contributed by atoms with Crippen LogP contribution in [0.4, 0.5) is 4.79 Å². The topological polar surface area (TPSA) is 69.6 Å². The number of nitrogens with zero attached hydrogens (tertiary/aromatic N) is 1. The average Bonchev–Trinajstić information content (AvgIpc) is 2.19. The van der Waals surface area contributed by atoms with Crippen LogP contribution in [-0.4, -0.2) is 42.1 Å². The summed E-state index contributed by atoms with van der Waals surface area (Å²) in [6.45, 7) is 3.02. The molecule has 2 amide bonds.